The lowest BCUT2D eigenvalue weighted by Crippen LogP contribution is -1.98. The molecule has 0 amide bonds. The van der Waals surface area contributed by atoms with Crippen LogP contribution in [-0.4, -0.2) is 9.55 Å². The van der Waals surface area contributed by atoms with E-state index in [1.807, 2.05) is 36.0 Å². The minimum atomic E-state index is 0.690. The average molecular weight is 287 g/mol. The molecule has 1 aromatic carbocycles. The summed E-state index contributed by atoms with van der Waals surface area (Å²) in [6.45, 7) is 0. The third-order valence-electron chi connectivity index (χ3n) is 2.00. The fourth-order valence-corrected chi connectivity index (χ4v) is 1.72. The van der Waals surface area contributed by atoms with E-state index in [0.29, 0.717) is 5.02 Å². The predicted molar refractivity (Wildman–Crippen MR) is 65.6 cm³/mol. The molecule has 15 heavy (non-hydrogen) atoms. The highest BCUT2D eigenvalue weighted by atomic mass is 79.9. The van der Waals surface area contributed by atoms with E-state index >= 15 is 0 Å². The highest BCUT2D eigenvalue weighted by Gasteiger charge is 2.03. The number of benzene rings is 1. The highest BCUT2D eigenvalue weighted by Crippen LogP contribution is 2.27. The summed E-state index contributed by atoms with van der Waals surface area (Å²) in [6.07, 6.45) is 3.61. The summed E-state index contributed by atoms with van der Waals surface area (Å²) in [5, 5.41) is 3.87. The molecule has 0 aliphatic heterocycles. The smallest absolute Gasteiger partial charge is 0.207 e. The molecule has 0 bridgehead atoms. The van der Waals surface area contributed by atoms with Gasteiger partial charge >= 0.3 is 0 Å². The number of imidazole rings is 1. The van der Waals surface area contributed by atoms with Crippen LogP contribution in [0.5, 0.6) is 0 Å². The van der Waals surface area contributed by atoms with Crippen molar-refractivity contribution < 1.29 is 0 Å². The molecule has 0 atom stereocenters. The number of halogens is 2. The number of aromatic nitrogens is 2. The summed E-state index contributed by atoms with van der Waals surface area (Å²) in [4.78, 5) is 4.17. The Morgan fingerprint density at radius 2 is 2.27 bits per heavy atom. The van der Waals surface area contributed by atoms with Crippen LogP contribution in [-0.2, 0) is 7.05 Å². The molecule has 2 aromatic rings. The SMILES string of the molecule is Cn1ccnc1Nc1cc(Cl)ccc1Br. The molecule has 1 N–H and O–H groups in total. The van der Waals surface area contributed by atoms with Gasteiger partial charge in [0, 0.05) is 28.9 Å². The van der Waals surface area contributed by atoms with Crippen molar-refractivity contribution in [3.8, 4) is 0 Å². The summed E-state index contributed by atoms with van der Waals surface area (Å²) in [6, 6.07) is 5.57. The molecule has 1 heterocycles. The molecule has 0 saturated carbocycles. The van der Waals surface area contributed by atoms with Crippen LogP contribution in [0.2, 0.25) is 5.02 Å². The third kappa shape index (κ3) is 2.33. The van der Waals surface area contributed by atoms with Gasteiger partial charge in [0.2, 0.25) is 5.95 Å². The standard InChI is InChI=1S/C10H9BrClN3/c1-15-5-4-13-10(15)14-9-6-7(12)2-3-8(9)11/h2-6H,1H3,(H,13,14). The summed E-state index contributed by atoms with van der Waals surface area (Å²) >= 11 is 9.35. The Bertz CT molecular complexity index is 481. The Labute approximate surface area is 101 Å². The Kier molecular flexibility index (Phi) is 2.98. The fraction of sp³-hybridized carbons (Fsp3) is 0.100. The molecular weight excluding hydrogens is 277 g/mol. The van der Waals surface area contributed by atoms with E-state index in [-0.39, 0.29) is 0 Å². The van der Waals surface area contributed by atoms with Crippen molar-refractivity contribution in [1.82, 2.24) is 9.55 Å². The molecule has 0 unspecified atom stereocenters. The van der Waals surface area contributed by atoms with Crippen molar-refractivity contribution in [2.24, 2.45) is 7.05 Å². The van der Waals surface area contributed by atoms with Gasteiger partial charge in [0.25, 0.3) is 0 Å². The number of hydrogen-bond acceptors (Lipinski definition) is 2. The quantitative estimate of drug-likeness (QED) is 0.914. The van der Waals surface area contributed by atoms with Gasteiger partial charge in [-0.3, -0.25) is 0 Å². The molecule has 5 heteroatoms. The first-order valence-electron chi connectivity index (χ1n) is 4.36. The Balaban J connectivity index is 2.32. The average Bonchev–Trinajstić information content (AvgIpc) is 2.58. The van der Waals surface area contributed by atoms with Gasteiger partial charge in [-0.05, 0) is 34.1 Å². The van der Waals surface area contributed by atoms with E-state index in [2.05, 4.69) is 26.2 Å². The van der Waals surface area contributed by atoms with Gasteiger partial charge in [0.05, 0.1) is 5.69 Å². The highest BCUT2D eigenvalue weighted by molar-refractivity contribution is 9.10. The number of aryl methyl sites for hydroxylation is 1. The Morgan fingerprint density at radius 1 is 1.47 bits per heavy atom. The fourth-order valence-electron chi connectivity index (χ4n) is 1.20. The first kappa shape index (κ1) is 10.5. The molecule has 78 valence electrons. The molecule has 0 radical (unpaired) electrons. The van der Waals surface area contributed by atoms with Gasteiger partial charge < -0.3 is 9.88 Å². The van der Waals surface area contributed by atoms with Crippen LogP contribution >= 0.6 is 27.5 Å². The maximum absolute atomic E-state index is 5.91. The normalized spacial score (nSPS) is 10.3. The van der Waals surface area contributed by atoms with Crippen molar-refractivity contribution >= 4 is 39.2 Å². The molecule has 3 nitrogen and oxygen atoms in total. The van der Waals surface area contributed by atoms with Crippen molar-refractivity contribution in [2.75, 3.05) is 5.32 Å². The lowest BCUT2D eigenvalue weighted by atomic mass is 10.3. The van der Waals surface area contributed by atoms with Gasteiger partial charge in [-0.25, -0.2) is 4.98 Å². The first-order valence-corrected chi connectivity index (χ1v) is 5.53. The third-order valence-corrected chi connectivity index (χ3v) is 2.92. The van der Waals surface area contributed by atoms with Gasteiger partial charge in [-0.15, -0.1) is 0 Å². The monoisotopic (exact) mass is 285 g/mol. The van der Waals surface area contributed by atoms with Crippen molar-refractivity contribution in [3.63, 3.8) is 0 Å². The summed E-state index contributed by atoms with van der Waals surface area (Å²) in [5.74, 6) is 0.776. The number of nitrogens with zero attached hydrogens (tertiary/aromatic N) is 2. The maximum atomic E-state index is 5.91. The van der Waals surface area contributed by atoms with Gasteiger partial charge in [0.15, 0.2) is 0 Å². The summed E-state index contributed by atoms with van der Waals surface area (Å²) in [7, 11) is 1.92. The summed E-state index contributed by atoms with van der Waals surface area (Å²) in [5.41, 5.74) is 0.900. The molecule has 0 spiro atoms. The zero-order valence-corrected chi connectivity index (χ0v) is 10.4. The van der Waals surface area contributed by atoms with E-state index in [4.69, 9.17) is 11.6 Å². The molecule has 0 saturated heterocycles. The van der Waals surface area contributed by atoms with Crippen molar-refractivity contribution in [3.05, 3.63) is 40.1 Å². The second-order valence-corrected chi connectivity index (χ2v) is 4.40. The van der Waals surface area contributed by atoms with Gasteiger partial charge in [-0.2, -0.15) is 0 Å². The van der Waals surface area contributed by atoms with Crippen LogP contribution < -0.4 is 5.32 Å². The molecule has 2 rings (SSSR count). The Morgan fingerprint density at radius 3 is 2.93 bits per heavy atom. The van der Waals surface area contributed by atoms with Crippen LogP contribution in [0.3, 0.4) is 0 Å². The van der Waals surface area contributed by atoms with Crippen molar-refractivity contribution in [2.45, 2.75) is 0 Å². The molecule has 0 fully saturated rings. The molecule has 0 aliphatic carbocycles. The van der Waals surface area contributed by atoms with Crippen LogP contribution in [0.25, 0.3) is 0 Å². The van der Waals surface area contributed by atoms with Crippen LogP contribution in [0.4, 0.5) is 11.6 Å². The predicted octanol–water partition coefficient (Wildman–Crippen LogP) is 3.58. The van der Waals surface area contributed by atoms with E-state index in [0.717, 1.165) is 16.1 Å². The second-order valence-electron chi connectivity index (χ2n) is 3.11. The molecule has 0 aliphatic rings. The van der Waals surface area contributed by atoms with E-state index in [9.17, 15) is 0 Å². The van der Waals surface area contributed by atoms with Gasteiger partial charge in [-0.1, -0.05) is 11.6 Å². The minimum absolute atomic E-state index is 0.690. The largest absolute Gasteiger partial charge is 0.325 e. The zero-order valence-electron chi connectivity index (χ0n) is 8.04. The zero-order chi connectivity index (χ0) is 10.8. The van der Waals surface area contributed by atoms with E-state index in [1.165, 1.54) is 0 Å². The lowest BCUT2D eigenvalue weighted by Gasteiger charge is -2.08. The second kappa shape index (κ2) is 4.24. The minimum Gasteiger partial charge on any atom is -0.325 e. The number of rotatable bonds is 2. The lowest BCUT2D eigenvalue weighted by molar-refractivity contribution is 0.924. The van der Waals surface area contributed by atoms with E-state index in [1.54, 1.807) is 6.20 Å². The van der Waals surface area contributed by atoms with Crippen LogP contribution in [0.1, 0.15) is 0 Å². The van der Waals surface area contributed by atoms with Gasteiger partial charge in [0.1, 0.15) is 0 Å². The maximum Gasteiger partial charge on any atom is 0.207 e. The number of anilines is 2. The van der Waals surface area contributed by atoms with Crippen LogP contribution in [0.15, 0.2) is 35.1 Å². The number of nitrogens with one attached hydrogen (secondary N) is 1. The summed E-state index contributed by atoms with van der Waals surface area (Å²) < 4.78 is 2.85. The van der Waals surface area contributed by atoms with Crippen LogP contribution in [0, 0.1) is 0 Å². The topological polar surface area (TPSA) is 29.9 Å². The number of hydrogen-bond donors (Lipinski definition) is 1. The van der Waals surface area contributed by atoms with Crippen molar-refractivity contribution in [1.29, 1.82) is 0 Å². The van der Waals surface area contributed by atoms with E-state index < -0.39 is 0 Å². The Hall–Kier alpha value is -1.000. The molecule has 1 aromatic heterocycles. The molecular formula is C10H9BrClN3. The first-order chi connectivity index (χ1) is 7.16.